The number of anilines is 1. The Bertz CT molecular complexity index is 623. The summed E-state index contributed by atoms with van der Waals surface area (Å²) < 4.78 is 5.67. The summed E-state index contributed by atoms with van der Waals surface area (Å²) in [5, 5.41) is 6.14. The molecule has 2 aliphatic heterocycles. The van der Waals surface area contributed by atoms with Gasteiger partial charge in [0.15, 0.2) is 11.9 Å². The fraction of sp³-hybridized carbons (Fsp3) is 0.500. The summed E-state index contributed by atoms with van der Waals surface area (Å²) in [4.78, 5) is 26.5. The third-order valence-electron chi connectivity index (χ3n) is 4.46. The highest BCUT2D eigenvalue weighted by Gasteiger charge is 2.33. The number of amides is 2. The SMILES string of the molecule is CC1Oc2c(cccc2C(=O)N2CCNC(C)C2C)NC1=O.Cl. The van der Waals surface area contributed by atoms with E-state index in [1.165, 1.54) is 0 Å². The molecular weight excluding hydrogens is 318 g/mol. The molecule has 0 radical (unpaired) electrons. The molecule has 2 heterocycles. The highest BCUT2D eigenvalue weighted by Crippen LogP contribution is 2.34. The van der Waals surface area contributed by atoms with Gasteiger partial charge in [-0.05, 0) is 32.9 Å². The molecule has 2 aliphatic rings. The number of rotatable bonds is 1. The molecule has 0 aromatic heterocycles. The minimum atomic E-state index is -0.596. The van der Waals surface area contributed by atoms with Crippen LogP contribution in [0.2, 0.25) is 0 Å². The van der Waals surface area contributed by atoms with Gasteiger partial charge in [0.1, 0.15) is 0 Å². The second kappa shape index (κ2) is 6.76. The zero-order valence-corrected chi connectivity index (χ0v) is 14.3. The summed E-state index contributed by atoms with van der Waals surface area (Å²) in [5.41, 5.74) is 1.06. The maximum absolute atomic E-state index is 12.9. The first-order valence-electron chi connectivity index (χ1n) is 7.64. The Morgan fingerprint density at radius 3 is 2.78 bits per heavy atom. The van der Waals surface area contributed by atoms with Crippen molar-refractivity contribution in [1.29, 1.82) is 0 Å². The molecule has 2 N–H and O–H groups in total. The summed E-state index contributed by atoms with van der Waals surface area (Å²) in [5.74, 6) is 0.222. The molecule has 1 fully saturated rings. The average molecular weight is 340 g/mol. The first-order chi connectivity index (χ1) is 10.5. The van der Waals surface area contributed by atoms with Crippen LogP contribution in [0.15, 0.2) is 18.2 Å². The van der Waals surface area contributed by atoms with Gasteiger partial charge in [0, 0.05) is 25.2 Å². The fourth-order valence-electron chi connectivity index (χ4n) is 2.89. The second-order valence-corrected chi connectivity index (χ2v) is 5.91. The fourth-order valence-corrected chi connectivity index (χ4v) is 2.89. The largest absolute Gasteiger partial charge is 0.478 e. The minimum absolute atomic E-state index is 0. The van der Waals surface area contributed by atoms with Crippen LogP contribution in [-0.2, 0) is 4.79 Å². The Labute approximate surface area is 142 Å². The van der Waals surface area contributed by atoms with Crippen LogP contribution < -0.4 is 15.4 Å². The van der Waals surface area contributed by atoms with E-state index in [2.05, 4.69) is 17.6 Å². The Hall–Kier alpha value is -1.79. The van der Waals surface area contributed by atoms with E-state index in [9.17, 15) is 9.59 Å². The van der Waals surface area contributed by atoms with Crippen LogP contribution in [-0.4, -0.2) is 48.0 Å². The van der Waals surface area contributed by atoms with Gasteiger partial charge in [-0.25, -0.2) is 0 Å². The molecule has 6 nitrogen and oxygen atoms in total. The highest BCUT2D eigenvalue weighted by atomic mass is 35.5. The van der Waals surface area contributed by atoms with E-state index in [0.29, 0.717) is 23.5 Å². The Morgan fingerprint density at radius 1 is 1.30 bits per heavy atom. The minimum Gasteiger partial charge on any atom is -0.478 e. The summed E-state index contributed by atoms with van der Waals surface area (Å²) >= 11 is 0. The van der Waals surface area contributed by atoms with Gasteiger partial charge in [-0.15, -0.1) is 12.4 Å². The van der Waals surface area contributed by atoms with Crippen LogP contribution >= 0.6 is 12.4 Å². The normalized spacial score (nSPS) is 26.5. The molecule has 3 atom stereocenters. The number of ether oxygens (including phenoxy) is 1. The van der Waals surface area contributed by atoms with Crippen molar-refractivity contribution in [2.45, 2.75) is 39.0 Å². The number of halogens is 1. The van der Waals surface area contributed by atoms with Crippen molar-refractivity contribution >= 4 is 29.9 Å². The molecule has 0 aliphatic carbocycles. The number of nitrogens with zero attached hydrogens (tertiary/aromatic N) is 1. The molecule has 23 heavy (non-hydrogen) atoms. The predicted molar refractivity (Wildman–Crippen MR) is 90.4 cm³/mol. The summed E-state index contributed by atoms with van der Waals surface area (Å²) in [6.45, 7) is 7.23. The van der Waals surface area contributed by atoms with Gasteiger partial charge >= 0.3 is 0 Å². The lowest BCUT2D eigenvalue weighted by Crippen LogP contribution is -2.57. The van der Waals surface area contributed by atoms with Gasteiger partial charge in [-0.3, -0.25) is 9.59 Å². The molecule has 0 spiro atoms. The van der Waals surface area contributed by atoms with Crippen LogP contribution in [0.4, 0.5) is 5.69 Å². The Morgan fingerprint density at radius 2 is 2.04 bits per heavy atom. The molecule has 2 amide bonds. The summed E-state index contributed by atoms with van der Waals surface area (Å²) in [7, 11) is 0. The van der Waals surface area contributed by atoms with Gasteiger partial charge in [-0.2, -0.15) is 0 Å². The lowest BCUT2D eigenvalue weighted by Gasteiger charge is -2.39. The number of carbonyl (C=O) groups is 2. The summed E-state index contributed by atoms with van der Waals surface area (Å²) in [6.07, 6.45) is -0.596. The van der Waals surface area contributed by atoms with Crippen molar-refractivity contribution in [3.05, 3.63) is 23.8 Å². The highest BCUT2D eigenvalue weighted by molar-refractivity contribution is 6.04. The number of carbonyl (C=O) groups excluding carboxylic acids is 2. The van der Waals surface area contributed by atoms with E-state index < -0.39 is 6.10 Å². The molecule has 126 valence electrons. The molecule has 1 saturated heterocycles. The first kappa shape index (κ1) is 17.6. The van der Waals surface area contributed by atoms with Crippen LogP contribution in [0.5, 0.6) is 5.75 Å². The maximum Gasteiger partial charge on any atom is 0.265 e. The van der Waals surface area contributed by atoms with E-state index >= 15 is 0 Å². The number of fused-ring (bicyclic) bond motifs is 1. The van der Waals surface area contributed by atoms with Gasteiger partial charge in [0.25, 0.3) is 11.8 Å². The van der Waals surface area contributed by atoms with Crippen molar-refractivity contribution in [3.8, 4) is 5.75 Å². The lowest BCUT2D eigenvalue weighted by atomic mass is 10.0. The summed E-state index contributed by atoms with van der Waals surface area (Å²) in [6, 6.07) is 5.62. The number of para-hydroxylation sites is 1. The molecule has 1 aromatic rings. The second-order valence-electron chi connectivity index (χ2n) is 5.91. The molecule has 3 rings (SSSR count). The molecular formula is C16H22ClN3O3. The van der Waals surface area contributed by atoms with Gasteiger partial charge in [-0.1, -0.05) is 6.07 Å². The van der Waals surface area contributed by atoms with Crippen molar-refractivity contribution in [1.82, 2.24) is 10.2 Å². The van der Waals surface area contributed by atoms with Crippen LogP contribution in [0.3, 0.4) is 0 Å². The van der Waals surface area contributed by atoms with Gasteiger partial charge in [0.2, 0.25) is 0 Å². The Kier molecular flexibility index (Phi) is 5.16. The van der Waals surface area contributed by atoms with E-state index in [4.69, 9.17) is 4.74 Å². The average Bonchev–Trinajstić information content (AvgIpc) is 2.50. The molecule has 3 unspecified atom stereocenters. The first-order valence-corrected chi connectivity index (χ1v) is 7.64. The van der Waals surface area contributed by atoms with Gasteiger partial charge in [0.05, 0.1) is 11.3 Å². The zero-order valence-electron chi connectivity index (χ0n) is 13.5. The maximum atomic E-state index is 12.9. The molecule has 7 heteroatoms. The van der Waals surface area contributed by atoms with Crippen molar-refractivity contribution in [3.63, 3.8) is 0 Å². The van der Waals surface area contributed by atoms with Crippen LogP contribution in [0.1, 0.15) is 31.1 Å². The van der Waals surface area contributed by atoms with E-state index in [1.807, 2.05) is 11.8 Å². The van der Waals surface area contributed by atoms with Crippen LogP contribution in [0, 0.1) is 0 Å². The topological polar surface area (TPSA) is 70.7 Å². The standard InChI is InChI=1S/C16H21N3O3.ClH/c1-9-10(2)19(8-7-17-9)16(21)12-5-4-6-13-14(12)22-11(3)15(20)18-13;/h4-6,9-11,17H,7-8H2,1-3H3,(H,18,20);1H. The van der Waals surface area contributed by atoms with Crippen LogP contribution in [0.25, 0.3) is 0 Å². The van der Waals surface area contributed by atoms with E-state index in [1.54, 1.807) is 25.1 Å². The predicted octanol–water partition coefficient (Wildman–Crippen LogP) is 1.65. The monoisotopic (exact) mass is 339 g/mol. The molecule has 0 saturated carbocycles. The Balaban J connectivity index is 0.00000192. The number of hydrogen-bond donors (Lipinski definition) is 2. The number of benzene rings is 1. The van der Waals surface area contributed by atoms with Crippen molar-refractivity contribution in [2.75, 3.05) is 18.4 Å². The lowest BCUT2D eigenvalue weighted by molar-refractivity contribution is -0.122. The number of nitrogens with one attached hydrogen (secondary N) is 2. The molecule has 1 aromatic carbocycles. The van der Waals surface area contributed by atoms with E-state index in [-0.39, 0.29) is 36.3 Å². The van der Waals surface area contributed by atoms with Crippen molar-refractivity contribution < 1.29 is 14.3 Å². The van der Waals surface area contributed by atoms with E-state index in [0.717, 1.165) is 6.54 Å². The van der Waals surface area contributed by atoms with Crippen molar-refractivity contribution in [2.24, 2.45) is 0 Å². The third-order valence-corrected chi connectivity index (χ3v) is 4.46. The third kappa shape index (κ3) is 3.14. The zero-order chi connectivity index (χ0) is 15.9. The molecule has 0 bridgehead atoms. The van der Waals surface area contributed by atoms with Gasteiger partial charge < -0.3 is 20.3 Å². The number of piperazine rings is 1. The quantitative estimate of drug-likeness (QED) is 0.816. The number of hydrogen-bond acceptors (Lipinski definition) is 4. The smallest absolute Gasteiger partial charge is 0.265 e.